The van der Waals surface area contributed by atoms with Gasteiger partial charge in [0.25, 0.3) is 0 Å². The highest BCUT2D eigenvalue weighted by Gasteiger charge is 2.16. The van der Waals surface area contributed by atoms with Gasteiger partial charge < -0.3 is 5.32 Å². The highest BCUT2D eigenvalue weighted by atomic mass is 32.1. The summed E-state index contributed by atoms with van der Waals surface area (Å²) < 4.78 is 1.39. The summed E-state index contributed by atoms with van der Waals surface area (Å²) in [5.74, 6) is 0. The number of benzene rings is 2. The third-order valence-electron chi connectivity index (χ3n) is 3.55. The van der Waals surface area contributed by atoms with E-state index in [0.717, 1.165) is 13.0 Å². The summed E-state index contributed by atoms with van der Waals surface area (Å²) in [6.45, 7) is 3.24. The Bertz CT molecular complexity index is 672. The molecule has 1 aromatic heterocycles. The summed E-state index contributed by atoms with van der Waals surface area (Å²) in [6, 6.07) is 19.8. The molecule has 0 saturated heterocycles. The van der Waals surface area contributed by atoms with Crippen LogP contribution in [-0.4, -0.2) is 6.54 Å². The molecule has 1 unspecified atom stereocenters. The van der Waals surface area contributed by atoms with Crippen LogP contribution in [0.5, 0.6) is 0 Å². The van der Waals surface area contributed by atoms with Gasteiger partial charge in [-0.25, -0.2) is 0 Å². The van der Waals surface area contributed by atoms with Crippen molar-refractivity contribution in [3.8, 4) is 0 Å². The van der Waals surface area contributed by atoms with Crippen LogP contribution >= 0.6 is 11.3 Å². The zero-order valence-electron chi connectivity index (χ0n) is 11.7. The van der Waals surface area contributed by atoms with Crippen LogP contribution in [0.4, 0.5) is 0 Å². The Morgan fingerprint density at radius 3 is 2.65 bits per heavy atom. The standard InChI is InChI=1S/C18H19NS/c1-2-12-19-17(14-7-4-3-5-8-14)16-10-6-9-15-11-13-20-18(15)16/h3-11,13,17,19H,2,12H2,1H3. The Kier molecular flexibility index (Phi) is 4.14. The zero-order chi connectivity index (χ0) is 13.8. The van der Waals surface area contributed by atoms with Gasteiger partial charge in [-0.2, -0.15) is 0 Å². The lowest BCUT2D eigenvalue weighted by molar-refractivity contribution is 0.602. The van der Waals surface area contributed by atoms with Gasteiger partial charge in [0.15, 0.2) is 0 Å². The van der Waals surface area contributed by atoms with Gasteiger partial charge in [-0.3, -0.25) is 0 Å². The molecular weight excluding hydrogens is 262 g/mol. The molecule has 0 aliphatic carbocycles. The molecule has 0 aliphatic rings. The van der Waals surface area contributed by atoms with E-state index in [2.05, 4.69) is 72.2 Å². The second kappa shape index (κ2) is 6.21. The van der Waals surface area contributed by atoms with Gasteiger partial charge in [-0.05, 0) is 40.9 Å². The van der Waals surface area contributed by atoms with Crippen LogP contribution in [0, 0.1) is 0 Å². The highest BCUT2D eigenvalue weighted by Crippen LogP contribution is 2.32. The first kappa shape index (κ1) is 13.3. The molecule has 0 aliphatic heterocycles. The molecule has 2 heteroatoms. The zero-order valence-corrected chi connectivity index (χ0v) is 12.5. The second-order valence-corrected chi connectivity index (χ2v) is 5.90. The second-order valence-electron chi connectivity index (χ2n) is 4.98. The van der Waals surface area contributed by atoms with Crippen molar-refractivity contribution < 1.29 is 0 Å². The molecule has 0 fully saturated rings. The van der Waals surface area contributed by atoms with Crippen molar-refractivity contribution in [1.82, 2.24) is 5.32 Å². The highest BCUT2D eigenvalue weighted by molar-refractivity contribution is 7.17. The van der Waals surface area contributed by atoms with Crippen LogP contribution in [0.3, 0.4) is 0 Å². The quantitative estimate of drug-likeness (QED) is 0.694. The average molecular weight is 281 g/mol. The van der Waals surface area contributed by atoms with Gasteiger partial charge in [0, 0.05) is 4.70 Å². The lowest BCUT2D eigenvalue weighted by atomic mass is 9.97. The SMILES string of the molecule is CCCNC(c1ccccc1)c1cccc2ccsc12. The van der Waals surface area contributed by atoms with E-state index < -0.39 is 0 Å². The molecule has 0 radical (unpaired) electrons. The summed E-state index contributed by atoms with van der Waals surface area (Å²) >= 11 is 1.83. The molecule has 20 heavy (non-hydrogen) atoms. The summed E-state index contributed by atoms with van der Waals surface area (Å²) in [6.07, 6.45) is 1.14. The minimum Gasteiger partial charge on any atom is -0.306 e. The van der Waals surface area contributed by atoms with Crippen LogP contribution in [0.25, 0.3) is 10.1 Å². The predicted molar refractivity (Wildman–Crippen MR) is 88.4 cm³/mol. The molecule has 0 saturated carbocycles. The van der Waals surface area contributed by atoms with Gasteiger partial charge in [0.05, 0.1) is 6.04 Å². The Hall–Kier alpha value is -1.64. The topological polar surface area (TPSA) is 12.0 Å². The number of nitrogens with one attached hydrogen (secondary N) is 1. The van der Waals surface area contributed by atoms with Crippen molar-refractivity contribution in [3.05, 3.63) is 71.1 Å². The molecule has 0 amide bonds. The van der Waals surface area contributed by atoms with E-state index >= 15 is 0 Å². The Labute approximate surface area is 124 Å². The molecule has 1 atom stereocenters. The van der Waals surface area contributed by atoms with Crippen LogP contribution < -0.4 is 5.32 Å². The first-order chi connectivity index (χ1) is 9.90. The van der Waals surface area contributed by atoms with Crippen molar-refractivity contribution >= 4 is 21.4 Å². The van der Waals surface area contributed by atoms with Gasteiger partial charge in [0.1, 0.15) is 0 Å². The van der Waals surface area contributed by atoms with E-state index in [0.29, 0.717) is 0 Å². The maximum Gasteiger partial charge on any atom is 0.0590 e. The van der Waals surface area contributed by atoms with E-state index in [9.17, 15) is 0 Å². The number of rotatable bonds is 5. The molecule has 0 spiro atoms. The Morgan fingerprint density at radius 1 is 1.00 bits per heavy atom. The van der Waals surface area contributed by atoms with E-state index in [1.165, 1.54) is 21.2 Å². The number of fused-ring (bicyclic) bond motifs is 1. The van der Waals surface area contributed by atoms with Crippen molar-refractivity contribution in [2.45, 2.75) is 19.4 Å². The van der Waals surface area contributed by atoms with Gasteiger partial charge in [0.2, 0.25) is 0 Å². The van der Waals surface area contributed by atoms with Crippen molar-refractivity contribution in [3.63, 3.8) is 0 Å². The predicted octanol–water partition coefficient (Wildman–Crippen LogP) is 4.99. The minimum absolute atomic E-state index is 0.276. The van der Waals surface area contributed by atoms with E-state index in [1.54, 1.807) is 0 Å². The van der Waals surface area contributed by atoms with Crippen molar-refractivity contribution in [1.29, 1.82) is 0 Å². The van der Waals surface area contributed by atoms with Crippen molar-refractivity contribution in [2.24, 2.45) is 0 Å². The molecule has 1 heterocycles. The van der Waals surface area contributed by atoms with Gasteiger partial charge >= 0.3 is 0 Å². The van der Waals surface area contributed by atoms with Crippen LogP contribution in [-0.2, 0) is 0 Å². The molecule has 102 valence electrons. The summed E-state index contributed by atoms with van der Waals surface area (Å²) in [7, 11) is 0. The lowest BCUT2D eigenvalue weighted by Gasteiger charge is -2.20. The smallest absolute Gasteiger partial charge is 0.0590 e. The van der Waals surface area contributed by atoms with Crippen LogP contribution in [0.2, 0.25) is 0 Å². The molecule has 1 N–H and O–H groups in total. The first-order valence-electron chi connectivity index (χ1n) is 7.14. The maximum atomic E-state index is 3.69. The minimum atomic E-state index is 0.276. The Balaban J connectivity index is 2.07. The average Bonchev–Trinajstić information content (AvgIpc) is 2.98. The van der Waals surface area contributed by atoms with Gasteiger partial charge in [-0.15, -0.1) is 11.3 Å². The normalized spacial score (nSPS) is 12.7. The van der Waals surface area contributed by atoms with Crippen molar-refractivity contribution in [2.75, 3.05) is 6.54 Å². The number of hydrogen-bond acceptors (Lipinski definition) is 2. The number of hydrogen-bond donors (Lipinski definition) is 1. The van der Waals surface area contributed by atoms with E-state index in [4.69, 9.17) is 0 Å². The summed E-state index contributed by atoms with van der Waals surface area (Å²) in [5, 5.41) is 7.21. The number of thiophene rings is 1. The fourth-order valence-corrected chi connectivity index (χ4v) is 3.53. The van der Waals surface area contributed by atoms with Crippen LogP contribution in [0.15, 0.2) is 60.0 Å². The first-order valence-corrected chi connectivity index (χ1v) is 8.02. The fourth-order valence-electron chi connectivity index (χ4n) is 2.59. The van der Waals surface area contributed by atoms with E-state index in [-0.39, 0.29) is 6.04 Å². The molecule has 3 rings (SSSR count). The largest absolute Gasteiger partial charge is 0.306 e. The maximum absolute atomic E-state index is 3.69. The van der Waals surface area contributed by atoms with Crippen LogP contribution in [0.1, 0.15) is 30.5 Å². The molecule has 3 aromatic rings. The monoisotopic (exact) mass is 281 g/mol. The fraction of sp³-hybridized carbons (Fsp3) is 0.222. The molecule has 2 aromatic carbocycles. The third kappa shape index (κ3) is 2.62. The summed E-state index contributed by atoms with van der Waals surface area (Å²) in [5.41, 5.74) is 2.72. The van der Waals surface area contributed by atoms with E-state index in [1.807, 2.05) is 11.3 Å². The molecular formula is C18H19NS. The molecule has 1 nitrogen and oxygen atoms in total. The molecule has 0 bridgehead atoms. The Morgan fingerprint density at radius 2 is 1.85 bits per heavy atom. The lowest BCUT2D eigenvalue weighted by Crippen LogP contribution is -2.23. The van der Waals surface area contributed by atoms with Gasteiger partial charge in [-0.1, -0.05) is 55.5 Å². The summed E-state index contributed by atoms with van der Waals surface area (Å²) in [4.78, 5) is 0. The third-order valence-corrected chi connectivity index (χ3v) is 4.53.